The minimum Gasteiger partial charge on any atom is -0.508 e. The molecule has 9 heteroatoms. The maximum absolute atomic E-state index is 13.7. The zero-order valence-electron chi connectivity index (χ0n) is 23.4. The number of unbranched alkanes of at least 4 members (excludes halogenated alkanes) is 1. The molecule has 3 aromatic rings. The normalized spacial score (nSPS) is 12.0. The zero-order valence-corrected chi connectivity index (χ0v) is 23.4. The van der Waals surface area contributed by atoms with E-state index in [2.05, 4.69) is 20.9 Å². The summed E-state index contributed by atoms with van der Waals surface area (Å²) in [6, 6.07) is 24.6. The highest BCUT2D eigenvalue weighted by molar-refractivity contribution is 5.96. The van der Waals surface area contributed by atoms with Crippen molar-refractivity contribution in [1.29, 1.82) is 0 Å². The number of aromatic hydroxyl groups is 1. The number of nitrogens with zero attached hydrogens (tertiary/aromatic N) is 1. The average molecular weight is 558 g/mol. The Balaban J connectivity index is 1.71. The molecule has 0 spiro atoms. The minimum atomic E-state index is -0.829. The topological polar surface area (TPSA) is 146 Å². The Kier molecular flexibility index (Phi) is 12.4. The second-order valence-corrected chi connectivity index (χ2v) is 9.76. The van der Waals surface area contributed by atoms with Gasteiger partial charge < -0.3 is 21.5 Å². The molecule has 0 aliphatic rings. The Morgan fingerprint density at radius 1 is 0.854 bits per heavy atom. The van der Waals surface area contributed by atoms with Crippen LogP contribution in [0.25, 0.3) is 0 Å². The largest absolute Gasteiger partial charge is 0.508 e. The lowest BCUT2D eigenvalue weighted by Gasteiger charge is -2.23. The summed E-state index contributed by atoms with van der Waals surface area (Å²) in [5.41, 5.74) is 8.29. The SMILES string of the molecule is CCCCC(=O)NC(N)=NCCC[C@@H](NC(=O)C(c1ccccc1)c1ccccc1)C(=O)NCc1ccc(O)cc1. The first-order chi connectivity index (χ1) is 19.9. The maximum Gasteiger partial charge on any atom is 0.242 e. The molecule has 0 aliphatic carbocycles. The van der Waals surface area contributed by atoms with Gasteiger partial charge in [0.2, 0.25) is 17.7 Å². The summed E-state index contributed by atoms with van der Waals surface area (Å²) >= 11 is 0. The Morgan fingerprint density at radius 2 is 1.46 bits per heavy atom. The molecule has 6 N–H and O–H groups in total. The molecule has 3 amide bonds. The summed E-state index contributed by atoms with van der Waals surface area (Å²) in [5, 5.41) is 18.0. The number of carbonyl (C=O) groups is 3. The first-order valence-electron chi connectivity index (χ1n) is 13.9. The first-order valence-corrected chi connectivity index (χ1v) is 13.9. The number of amides is 3. The second-order valence-electron chi connectivity index (χ2n) is 9.76. The molecule has 0 radical (unpaired) electrons. The zero-order chi connectivity index (χ0) is 29.5. The number of hydrogen-bond acceptors (Lipinski definition) is 5. The van der Waals surface area contributed by atoms with Crippen molar-refractivity contribution in [2.24, 2.45) is 10.7 Å². The van der Waals surface area contributed by atoms with Crippen molar-refractivity contribution in [3.8, 4) is 5.75 Å². The molecule has 0 unspecified atom stereocenters. The van der Waals surface area contributed by atoms with Crippen molar-refractivity contribution in [1.82, 2.24) is 16.0 Å². The minimum absolute atomic E-state index is 0.0386. The van der Waals surface area contributed by atoms with Crippen LogP contribution in [0.1, 0.15) is 61.6 Å². The Hall–Kier alpha value is -4.66. The lowest BCUT2D eigenvalue weighted by molar-refractivity contribution is -0.129. The van der Waals surface area contributed by atoms with Crippen LogP contribution in [0.2, 0.25) is 0 Å². The standard InChI is InChI=1S/C32H39N5O4/c1-2-3-16-28(39)37-32(33)34-21-10-15-27(30(40)35-22-23-17-19-26(38)20-18-23)36-31(41)29(24-11-6-4-7-12-24)25-13-8-5-9-14-25/h4-9,11-14,17-20,27,29,38H,2-3,10,15-16,21-22H2,1H3,(H,35,40)(H,36,41)(H3,33,34,37,39)/t27-/m1/s1. The van der Waals surface area contributed by atoms with Crippen molar-refractivity contribution in [2.75, 3.05) is 6.54 Å². The van der Waals surface area contributed by atoms with Crippen LogP contribution in [0.5, 0.6) is 5.75 Å². The summed E-state index contributed by atoms with van der Waals surface area (Å²) in [4.78, 5) is 43.1. The molecule has 0 aliphatic heterocycles. The van der Waals surface area contributed by atoms with E-state index in [1.54, 1.807) is 24.3 Å². The Morgan fingerprint density at radius 3 is 2.05 bits per heavy atom. The van der Waals surface area contributed by atoms with Crippen LogP contribution in [0, 0.1) is 0 Å². The second kappa shape index (κ2) is 16.4. The monoisotopic (exact) mass is 557 g/mol. The van der Waals surface area contributed by atoms with E-state index < -0.39 is 12.0 Å². The summed E-state index contributed by atoms with van der Waals surface area (Å²) in [6.07, 6.45) is 2.81. The summed E-state index contributed by atoms with van der Waals surface area (Å²) in [7, 11) is 0. The number of benzene rings is 3. The molecule has 0 bridgehead atoms. The van der Waals surface area contributed by atoms with Crippen LogP contribution < -0.4 is 21.7 Å². The smallest absolute Gasteiger partial charge is 0.242 e. The van der Waals surface area contributed by atoms with E-state index in [0.29, 0.717) is 19.3 Å². The number of nitrogens with one attached hydrogen (secondary N) is 3. The van der Waals surface area contributed by atoms with Crippen LogP contribution in [0.3, 0.4) is 0 Å². The van der Waals surface area contributed by atoms with Gasteiger partial charge in [0.15, 0.2) is 5.96 Å². The van der Waals surface area contributed by atoms with Gasteiger partial charge in [0, 0.05) is 19.5 Å². The van der Waals surface area contributed by atoms with Crippen LogP contribution in [-0.2, 0) is 20.9 Å². The molecule has 0 fully saturated rings. The van der Waals surface area contributed by atoms with Gasteiger partial charge in [-0.05, 0) is 48.1 Å². The van der Waals surface area contributed by atoms with E-state index >= 15 is 0 Å². The van der Waals surface area contributed by atoms with Gasteiger partial charge in [0.25, 0.3) is 0 Å². The highest BCUT2D eigenvalue weighted by Crippen LogP contribution is 2.25. The molecular formula is C32H39N5O4. The fraction of sp³-hybridized carbons (Fsp3) is 0.312. The van der Waals surface area contributed by atoms with Crippen LogP contribution >= 0.6 is 0 Å². The summed E-state index contributed by atoms with van der Waals surface area (Å²) in [6.45, 7) is 2.52. The number of rotatable bonds is 14. The third-order valence-corrected chi connectivity index (χ3v) is 6.52. The number of guanidine groups is 1. The fourth-order valence-corrected chi connectivity index (χ4v) is 4.31. The van der Waals surface area contributed by atoms with Gasteiger partial charge in [-0.2, -0.15) is 0 Å². The lowest BCUT2D eigenvalue weighted by atomic mass is 9.90. The van der Waals surface area contributed by atoms with Gasteiger partial charge in [-0.15, -0.1) is 0 Å². The lowest BCUT2D eigenvalue weighted by Crippen LogP contribution is -2.48. The van der Waals surface area contributed by atoms with E-state index in [4.69, 9.17) is 5.73 Å². The predicted molar refractivity (Wildman–Crippen MR) is 160 cm³/mol. The van der Waals surface area contributed by atoms with E-state index in [1.807, 2.05) is 67.6 Å². The van der Waals surface area contributed by atoms with Crippen molar-refractivity contribution >= 4 is 23.7 Å². The van der Waals surface area contributed by atoms with Crippen LogP contribution in [0.15, 0.2) is 89.9 Å². The third-order valence-electron chi connectivity index (χ3n) is 6.52. The summed E-state index contributed by atoms with van der Waals surface area (Å²) in [5.74, 6) is -1.23. The van der Waals surface area contributed by atoms with Gasteiger partial charge in [0.1, 0.15) is 11.8 Å². The van der Waals surface area contributed by atoms with E-state index in [0.717, 1.165) is 29.5 Å². The molecule has 3 rings (SSSR count). The highest BCUT2D eigenvalue weighted by Gasteiger charge is 2.27. The quantitative estimate of drug-likeness (QED) is 0.116. The maximum atomic E-state index is 13.7. The molecule has 0 heterocycles. The van der Waals surface area contributed by atoms with Crippen molar-refractivity contribution < 1.29 is 19.5 Å². The van der Waals surface area contributed by atoms with E-state index in [1.165, 1.54) is 0 Å². The molecule has 0 aromatic heterocycles. The van der Waals surface area contributed by atoms with Crippen LogP contribution in [-0.4, -0.2) is 41.4 Å². The third kappa shape index (κ3) is 10.4. The molecule has 9 nitrogen and oxygen atoms in total. The first kappa shape index (κ1) is 30.9. The van der Waals surface area contributed by atoms with Gasteiger partial charge in [0.05, 0.1) is 5.92 Å². The number of nitrogens with two attached hydrogens (primary N) is 1. The molecular weight excluding hydrogens is 518 g/mol. The van der Waals surface area contributed by atoms with Crippen LogP contribution in [0.4, 0.5) is 0 Å². The number of phenols is 1. The Labute approximate surface area is 241 Å². The van der Waals surface area contributed by atoms with Gasteiger partial charge in [-0.25, -0.2) is 0 Å². The van der Waals surface area contributed by atoms with Gasteiger partial charge >= 0.3 is 0 Å². The molecule has 0 saturated heterocycles. The van der Waals surface area contributed by atoms with E-state index in [-0.39, 0.29) is 42.5 Å². The van der Waals surface area contributed by atoms with Gasteiger partial charge in [-0.1, -0.05) is 86.1 Å². The fourth-order valence-electron chi connectivity index (χ4n) is 4.31. The average Bonchev–Trinajstić information content (AvgIpc) is 2.98. The number of carbonyl (C=O) groups excluding carboxylic acids is 3. The molecule has 0 saturated carbocycles. The predicted octanol–water partition coefficient (Wildman–Crippen LogP) is 3.73. The molecule has 41 heavy (non-hydrogen) atoms. The van der Waals surface area contributed by atoms with Crippen molar-refractivity contribution in [3.05, 3.63) is 102 Å². The molecule has 3 aromatic carbocycles. The molecule has 1 atom stereocenters. The Bertz CT molecular complexity index is 1240. The molecule has 216 valence electrons. The number of phenolic OH excluding ortho intramolecular Hbond substituents is 1. The van der Waals surface area contributed by atoms with Crippen molar-refractivity contribution in [3.63, 3.8) is 0 Å². The van der Waals surface area contributed by atoms with Gasteiger partial charge in [-0.3, -0.25) is 24.7 Å². The number of aliphatic imine (C=N–C) groups is 1. The van der Waals surface area contributed by atoms with Crippen molar-refractivity contribution in [2.45, 2.75) is 57.5 Å². The van der Waals surface area contributed by atoms with E-state index in [9.17, 15) is 19.5 Å². The number of hydrogen-bond donors (Lipinski definition) is 5. The highest BCUT2D eigenvalue weighted by atomic mass is 16.3. The summed E-state index contributed by atoms with van der Waals surface area (Å²) < 4.78 is 0.